The molecule has 1 aromatic heterocycles. The van der Waals surface area contributed by atoms with Gasteiger partial charge in [-0.05, 0) is 55.9 Å². The largest absolute Gasteiger partial charge is 0.397 e. The van der Waals surface area contributed by atoms with E-state index in [1.807, 2.05) is 20.8 Å². The molecule has 0 fully saturated rings. The predicted octanol–water partition coefficient (Wildman–Crippen LogP) is 2.51. The molecule has 0 aliphatic heterocycles. The van der Waals surface area contributed by atoms with Gasteiger partial charge in [0.25, 0.3) is 20.2 Å². The summed E-state index contributed by atoms with van der Waals surface area (Å²) in [6, 6.07) is 7.19. The lowest BCUT2D eigenvalue weighted by Gasteiger charge is -2.29. The van der Waals surface area contributed by atoms with Crippen molar-refractivity contribution in [1.82, 2.24) is 19.9 Å². The molecule has 0 amide bonds. The number of nitrogens with two attached hydrogens (primary N) is 2. The van der Waals surface area contributed by atoms with Gasteiger partial charge in [0.15, 0.2) is 0 Å². The van der Waals surface area contributed by atoms with Crippen molar-refractivity contribution in [1.29, 1.82) is 0 Å². The number of nitrogen functional groups attached to an aromatic ring is 2. The molecule has 0 spiro atoms. The first-order valence-electron chi connectivity index (χ1n) is 11.8. The van der Waals surface area contributed by atoms with Crippen LogP contribution >= 0.6 is 0 Å². The topological polar surface area (TPSA) is 239 Å². The van der Waals surface area contributed by atoms with E-state index in [1.54, 1.807) is 0 Å². The van der Waals surface area contributed by atoms with Crippen LogP contribution in [0.5, 0.6) is 0 Å². The standard InChI is InChI=1S/C22H31N9O6S2/c1-4-19(31(5-2)6-3)27-22-29-20(25-17-9-7-13(11-15(17)23)38(32,33)34)28-21(30-22)26-18-10-8-14(12-16(18)24)39(35,36)37/h7-12,19H,4-6,23-24H2,1-3H3,(H,32,33,34)(H,35,36,37)(H3,25,26,27,28,29,30). The minimum atomic E-state index is -4.45. The molecular formula is C22H31N9O6S2. The van der Waals surface area contributed by atoms with Gasteiger partial charge in [0.1, 0.15) is 0 Å². The second kappa shape index (κ2) is 12.0. The predicted molar refractivity (Wildman–Crippen MR) is 148 cm³/mol. The van der Waals surface area contributed by atoms with Gasteiger partial charge >= 0.3 is 0 Å². The van der Waals surface area contributed by atoms with Crippen LogP contribution in [0.15, 0.2) is 46.2 Å². The number of nitrogens with zero attached hydrogens (tertiary/aromatic N) is 4. The van der Waals surface area contributed by atoms with Gasteiger partial charge in [-0.2, -0.15) is 31.8 Å². The average molecular weight is 582 g/mol. The zero-order valence-corrected chi connectivity index (χ0v) is 23.1. The smallest absolute Gasteiger partial charge is 0.294 e. The number of hydrogen-bond donors (Lipinski definition) is 7. The Kier molecular flexibility index (Phi) is 9.13. The Bertz CT molecular complexity index is 1450. The molecule has 3 rings (SSSR count). The second-order valence-electron chi connectivity index (χ2n) is 8.29. The third-order valence-electron chi connectivity index (χ3n) is 5.71. The highest BCUT2D eigenvalue weighted by Gasteiger charge is 2.18. The number of rotatable bonds is 12. The van der Waals surface area contributed by atoms with Crippen LogP contribution in [0.1, 0.15) is 27.2 Å². The summed E-state index contributed by atoms with van der Waals surface area (Å²) in [5.74, 6) is 0.252. The summed E-state index contributed by atoms with van der Waals surface area (Å²) in [4.78, 5) is 14.6. The third kappa shape index (κ3) is 7.64. The van der Waals surface area contributed by atoms with E-state index in [4.69, 9.17) is 11.5 Å². The molecule has 0 bridgehead atoms. The zero-order valence-electron chi connectivity index (χ0n) is 21.5. The molecule has 2 aromatic carbocycles. The first-order valence-corrected chi connectivity index (χ1v) is 14.7. The summed E-state index contributed by atoms with van der Waals surface area (Å²) in [6.07, 6.45) is 0.619. The van der Waals surface area contributed by atoms with Crippen molar-refractivity contribution in [2.75, 3.05) is 40.5 Å². The number of anilines is 7. The Hall–Kier alpha value is -3.77. The fraction of sp³-hybridized carbons (Fsp3) is 0.318. The van der Waals surface area contributed by atoms with Crippen molar-refractivity contribution in [2.45, 2.75) is 43.1 Å². The van der Waals surface area contributed by atoms with Gasteiger partial charge in [-0.1, -0.05) is 20.8 Å². The maximum Gasteiger partial charge on any atom is 0.294 e. The van der Waals surface area contributed by atoms with Crippen LogP contribution in [0.4, 0.5) is 40.6 Å². The van der Waals surface area contributed by atoms with E-state index >= 15 is 0 Å². The van der Waals surface area contributed by atoms with Gasteiger partial charge in [0, 0.05) is 0 Å². The van der Waals surface area contributed by atoms with E-state index in [2.05, 4.69) is 35.8 Å². The Morgan fingerprint density at radius 1 is 0.769 bits per heavy atom. The molecule has 3 aromatic rings. The van der Waals surface area contributed by atoms with Crippen LogP contribution in [0, 0.1) is 0 Å². The number of hydrogen-bond acceptors (Lipinski definition) is 13. The van der Waals surface area contributed by atoms with Gasteiger partial charge in [0.05, 0.1) is 38.7 Å². The van der Waals surface area contributed by atoms with Crippen molar-refractivity contribution < 1.29 is 25.9 Å². The molecule has 0 saturated carbocycles. The lowest BCUT2D eigenvalue weighted by Crippen LogP contribution is -2.40. The van der Waals surface area contributed by atoms with E-state index in [-0.39, 0.29) is 56.6 Å². The molecule has 0 aliphatic carbocycles. The van der Waals surface area contributed by atoms with Crippen LogP contribution < -0.4 is 27.4 Å². The van der Waals surface area contributed by atoms with Crippen molar-refractivity contribution >= 4 is 60.8 Å². The first-order chi connectivity index (χ1) is 18.2. The fourth-order valence-electron chi connectivity index (χ4n) is 3.69. The minimum Gasteiger partial charge on any atom is -0.397 e. The molecule has 39 heavy (non-hydrogen) atoms. The van der Waals surface area contributed by atoms with Crippen molar-refractivity contribution in [2.24, 2.45) is 0 Å². The number of nitrogens with one attached hydrogen (secondary N) is 3. The Morgan fingerprint density at radius 2 is 1.18 bits per heavy atom. The normalized spacial score (nSPS) is 12.8. The van der Waals surface area contributed by atoms with Crippen molar-refractivity contribution in [3.8, 4) is 0 Å². The molecule has 1 heterocycles. The number of benzene rings is 2. The fourth-order valence-corrected chi connectivity index (χ4v) is 4.72. The quantitative estimate of drug-likeness (QED) is 0.0923. The summed E-state index contributed by atoms with van der Waals surface area (Å²) >= 11 is 0. The summed E-state index contributed by atoms with van der Waals surface area (Å²) in [7, 11) is -8.90. The van der Waals surface area contributed by atoms with E-state index in [1.165, 1.54) is 24.3 Å². The molecule has 0 radical (unpaired) electrons. The summed E-state index contributed by atoms with van der Waals surface area (Å²) in [5, 5.41) is 9.08. The van der Waals surface area contributed by atoms with Gasteiger partial charge in [-0.15, -0.1) is 0 Å². The maximum absolute atomic E-state index is 11.4. The molecule has 1 atom stereocenters. The minimum absolute atomic E-state index is 0.00850. The molecule has 0 saturated heterocycles. The van der Waals surface area contributed by atoms with E-state index in [0.29, 0.717) is 0 Å². The average Bonchev–Trinajstić information content (AvgIpc) is 2.85. The van der Waals surface area contributed by atoms with E-state index < -0.39 is 20.2 Å². The SMILES string of the molecule is CCC(Nc1nc(Nc2ccc(S(=O)(=O)O)cc2N)nc(Nc2ccc(S(=O)(=O)O)cc2N)n1)N(CC)CC. The Balaban J connectivity index is 2.02. The van der Waals surface area contributed by atoms with E-state index in [0.717, 1.165) is 31.6 Å². The molecule has 0 aliphatic rings. The summed E-state index contributed by atoms with van der Waals surface area (Å²) in [6.45, 7) is 7.61. The monoisotopic (exact) mass is 581 g/mol. The second-order valence-corrected chi connectivity index (χ2v) is 11.1. The summed E-state index contributed by atoms with van der Waals surface area (Å²) in [5.41, 5.74) is 12.5. The van der Waals surface area contributed by atoms with Crippen LogP contribution in [-0.4, -0.2) is 65.0 Å². The van der Waals surface area contributed by atoms with Gasteiger partial charge in [-0.25, -0.2) is 0 Å². The number of aromatic nitrogens is 3. The highest BCUT2D eigenvalue weighted by molar-refractivity contribution is 7.86. The van der Waals surface area contributed by atoms with Crippen LogP contribution in [0.2, 0.25) is 0 Å². The first kappa shape index (κ1) is 29.8. The van der Waals surface area contributed by atoms with E-state index in [9.17, 15) is 25.9 Å². The highest BCUT2D eigenvalue weighted by atomic mass is 32.2. The van der Waals surface area contributed by atoms with Crippen molar-refractivity contribution in [3.63, 3.8) is 0 Å². The van der Waals surface area contributed by atoms with Crippen molar-refractivity contribution in [3.05, 3.63) is 36.4 Å². The Morgan fingerprint density at radius 3 is 1.51 bits per heavy atom. The lowest BCUT2D eigenvalue weighted by atomic mass is 10.2. The molecule has 17 heteroatoms. The van der Waals surface area contributed by atoms with Gasteiger partial charge in [-0.3, -0.25) is 14.0 Å². The lowest BCUT2D eigenvalue weighted by molar-refractivity contribution is 0.232. The summed E-state index contributed by atoms with van der Waals surface area (Å²) < 4.78 is 64.2. The molecule has 1 unspecified atom stereocenters. The molecular weight excluding hydrogens is 550 g/mol. The van der Waals surface area contributed by atoms with Crippen LogP contribution in [0.3, 0.4) is 0 Å². The highest BCUT2D eigenvalue weighted by Crippen LogP contribution is 2.28. The third-order valence-corrected chi connectivity index (χ3v) is 7.40. The maximum atomic E-state index is 11.4. The molecule has 212 valence electrons. The zero-order chi connectivity index (χ0) is 29.0. The molecule has 15 nitrogen and oxygen atoms in total. The molecule has 9 N–H and O–H groups in total. The van der Waals surface area contributed by atoms with Gasteiger partial charge in [0.2, 0.25) is 17.8 Å². The van der Waals surface area contributed by atoms with Crippen LogP contribution in [0.25, 0.3) is 0 Å². The Labute approximate surface area is 226 Å². The van der Waals surface area contributed by atoms with Gasteiger partial charge < -0.3 is 27.4 Å². The van der Waals surface area contributed by atoms with Crippen LogP contribution in [-0.2, 0) is 20.2 Å².